The van der Waals surface area contributed by atoms with E-state index in [9.17, 15) is 5.11 Å². The molecule has 2 unspecified atom stereocenters. The van der Waals surface area contributed by atoms with E-state index < -0.39 is 0 Å². The van der Waals surface area contributed by atoms with Crippen LogP contribution in [0.4, 0.5) is 0 Å². The highest BCUT2D eigenvalue weighted by Gasteiger charge is 2.69. The third-order valence-corrected chi connectivity index (χ3v) is 6.44. The Morgan fingerprint density at radius 3 is 2.20 bits per heavy atom. The molecule has 0 radical (unpaired) electrons. The molecule has 4 rings (SSSR count). The van der Waals surface area contributed by atoms with Gasteiger partial charge in [0.05, 0.1) is 29.0 Å². The minimum absolute atomic E-state index is 0.00550. The van der Waals surface area contributed by atoms with Crippen molar-refractivity contribution in [3.05, 3.63) is 35.7 Å². The number of aromatic nitrogens is 2. The maximum Gasteiger partial charge on any atom is 0.0890 e. The topological polar surface area (TPSA) is 46.0 Å². The molecule has 1 N–H and O–H groups in total. The van der Waals surface area contributed by atoms with Crippen LogP contribution in [-0.2, 0) is 10.8 Å². The summed E-state index contributed by atoms with van der Waals surface area (Å²) in [7, 11) is 0. The number of nitrogens with zero attached hydrogens (tertiary/aromatic N) is 2. The van der Waals surface area contributed by atoms with Crippen molar-refractivity contribution >= 4 is 11.0 Å². The van der Waals surface area contributed by atoms with E-state index in [1.807, 2.05) is 24.3 Å². The van der Waals surface area contributed by atoms with Crippen LogP contribution in [0.15, 0.2) is 24.3 Å². The van der Waals surface area contributed by atoms with Crippen LogP contribution < -0.4 is 0 Å². The van der Waals surface area contributed by atoms with Crippen molar-refractivity contribution in [3.8, 4) is 0 Å². The van der Waals surface area contributed by atoms with E-state index in [1.54, 1.807) is 0 Å². The summed E-state index contributed by atoms with van der Waals surface area (Å²) >= 11 is 0. The smallest absolute Gasteiger partial charge is 0.0890 e. The molecular formula is C17H20N2O. The van der Waals surface area contributed by atoms with E-state index >= 15 is 0 Å². The predicted octanol–water partition coefficient (Wildman–Crippen LogP) is 2.95. The van der Waals surface area contributed by atoms with Gasteiger partial charge in [-0.3, -0.25) is 0 Å². The molecule has 0 amide bonds. The van der Waals surface area contributed by atoms with Crippen LogP contribution in [0.2, 0.25) is 0 Å². The van der Waals surface area contributed by atoms with Gasteiger partial charge in [-0.25, -0.2) is 9.97 Å². The highest BCUT2D eigenvalue weighted by atomic mass is 16.3. The van der Waals surface area contributed by atoms with Crippen LogP contribution in [0.3, 0.4) is 0 Å². The standard InChI is InChI=1S/C17H20N2O/c1-15(2)16(3)8-9-17(15,10-20)14-13(16)18-11-6-4-5-7-12(11)19-14/h4-7,20H,8-10H2,1-3H3. The maximum atomic E-state index is 10.1. The van der Waals surface area contributed by atoms with Gasteiger partial charge in [0.2, 0.25) is 0 Å². The van der Waals surface area contributed by atoms with Crippen LogP contribution in [0.5, 0.6) is 0 Å². The molecule has 3 heteroatoms. The van der Waals surface area contributed by atoms with Crippen molar-refractivity contribution in [3.63, 3.8) is 0 Å². The summed E-state index contributed by atoms with van der Waals surface area (Å²) in [5, 5.41) is 10.1. The number of rotatable bonds is 1. The van der Waals surface area contributed by atoms with Gasteiger partial charge < -0.3 is 5.11 Å². The molecule has 1 heterocycles. The Hall–Kier alpha value is -1.48. The number of aliphatic hydroxyl groups is 1. The van der Waals surface area contributed by atoms with Gasteiger partial charge in [0.15, 0.2) is 0 Å². The van der Waals surface area contributed by atoms with E-state index in [4.69, 9.17) is 9.97 Å². The zero-order valence-electron chi connectivity index (χ0n) is 12.3. The molecule has 1 aromatic heterocycles. The first-order chi connectivity index (χ1) is 9.46. The van der Waals surface area contributed by atoms with Gasteiger partial charge in [-0.1, -0.05) is 32.9 Å². The SMILES string of the molecule is CC12CCC(CO)(c3nc4ccccc4nc31)C2(C)C. The van der Waals surface area contributed by atoms with Crippen molar-refractivity contribution in [2.24, 2.45) is 5.41 Å². The molecular weight excluding hydrogens is 248 g/mol. The molecule has 104 valence electrons. The van der Waals surface area contributed by atoms with Gasteiger partial charge in [0.25, 0.3) is 0 Å². The summed E-state index contributed by atoms with van der Waals surface area (Å²) in [5.41, 5.74) is 3.83. The van der Waals surface area contributed by atoms with E-state index in [0.29, 0.717) is 0 Å². The van der Waals surface area contributed by atoms with Crippen LogP contribution in [0.25, 0.3) is 11.0 Å². The van der Waals surface area contributed by atoms with E-state index in [-0.39, 0.29) is 22.9 Å². The second-order valence-electron chi connectivity index (χ2n) is 7.11. The van der Waals surface area contributed by atoms with E-state index in [2.05, 4.69) is 20.8 Å². The van der Waals surface area contributed by atoms with Gasteiger partial charge in [0.1, 0.15) is 0 Å². The first-order valence-corrected chi connectivity index (χ1v) is 7.35. The maximum absolute atomic E-state index is 10.1. The first kappa shape index (κ1) is 12.3. The number of hydrogen-bond donors (Lipinski definition) is 1. The third kappa shape index (κ3) is 1.05. The van der Waals surface area contributed by atoms with Crippen molar-refractivity contribution in [2.45, 2.75) is 44.4 Å². The fourth-order valence-corrected chi connectivity index (χ4v) is 4.52. The average Bonchev–Trinajstić information content (AvgIpc) is 2.74. The first-order valence-electron chi connectivity index (χ1n) is 7.35. The lowest BCUT2D eigenvalue weighted by Gasteiger charge is -2.39. The lowest BCUT2D eigenvalue weighted by molar-refractivity contribution is 0.0863. The molecule has 2 atom stereocenters. The highest BCUT2D eigenvalue weighted by molar-refractivity contribution is 5.75. The molecule has 2 aromatic rings. The number of benzene rings is 1. The number of hydrogen-bond acceptors (Lipinski definition) is 3. The van der Waals surface area contributed by atoms with Crippen molar-refractivity contribution in [2.75, 3.05) is 6.61 Å². The molecule has 2 aliphatic rings. The Kier molecular flexibility index (Phi) is 2.08. The monoisotopic (exact) mass is 268 g/mol. The Morgan fingerprint density at radius 2 is 1.60 bits per heavy atom. The van der Waals surface area contributed by atoms with E-state index in [0.717, 1.165) is 35.3 Å². The normalized spacial score (nSPS) is 33.6. The summed E-state index contributed by atoms with van der Waals surface area (Å²) in [4.78, 5) is 9.82. The molecule has 2 bridgehead atoms. The summed E-state index contributed by atoms with van der Waals surface area (Å²) in [5.74, 6) is 0. The van der Waals surface area contributed by atoms with E-state index in [1.165, 1.54) is 0 Å². The van der Waals surface area contributed by atoms with Crippen LogP contribution in [0.1, 0.15) is 45.0 Å². The lowest BCUT2D eigenvalue weighted by Crippen LogP contribution is -2.42. The fraction of sp³-hybridized carbons (Fsp3) is 0.529. The highest BCUT2D eigenvalue weighted by Crippen LogP contribution is 2.69. The quantitative estimate of drug-likeness (QED) is 0.865. The summed E-state index contributed by atoms with van der Waals surface area (Å²) in [6.07, 6.45) is 2.09. The zero-order valence-corrected chi connectivity index (χ0v) is 12.3. The molecule has 0 saturated heterocycles. The molecule has 1 aromatic carbocycles. The Labute approximate surface area is 119 Å². The molecule has 1 saturated carbocycles. The van der Waals surface area contributed by atoms with Crippen molar-refractivity contribution in [1.82, 2.24) is 9.97 Å². The lowest BCUT2D eigenvalue weighted by atomic mass is 9.64. The van der Waals surface area contributed by atoms with Crippen LogP contribution >= 0.6 is 0 Å². The largest absolute Gasteiger partial charge is 0.395 e. The summed E-state index contributed by atoms with van der Waals surface area (Å²) < 4.78 is 0. The predicted molar refractivity (Wildman–Crippen MR) is 78.7 cm³/mol. The molecule has 1 fully saturated rings. The second kappa shape index (κ2) is 3.40. The van der Waals surface area contributed by atoms with Gasteiger partial charge >= 0.3 is 0 Å². The molecule has 0 spiro atoms. The van der Waals surface area contributed by atoms with Crippen LogP contribution in [0, 0.1) is 5.41 Å². The van der Waals surface area contributed by atoms with Gasteiger partial charge in [-0.05, 0) is 30.4 Å². The third-order valence-electron chi connectivity index (χ3n) is 6.44. The Bertz CT molecular complexity index is 724. The number of aliphatic hydroxyl groups excluding tert-OH is 1. The Balaban J connectivity index is 2.12. The van der Waals surface area contributed by atoms with Crippen molar-refractivity contribution in [1.29, 1.82) is 0 Å². The summed E-state index contributed by atoms with van der Waals surface area (Å²) in [6, 6.07) is 8.03. The van der Waals surface area contributed by atoms with Gasteiger partial charge in [-0.2, -0.15) is 0 Å². The minimum Gasteiger partial charge on any atom is -0.395 e. The number of para-hydroxylation sites is 2. The fourth-order valence-electron chi connectivity index (χ4n) is 4.52. The van der Waals surface area contributed by atoms with Gasteiger partial charge in [-0.15, -0.1) is 0 Å². The van der Waals surface area contributed by atoms with Crippen molar-refractivity contribution < 1.29 is 5.11 Å². The molecule has 0 aliphatic heterocycles. The zero-order chi connectivity index (χ0) is 14.2. The minimum atomic E-state index is -0.228. The molecule has 20 heavy (non-hydrogen) atoms. The Morgan fingerprint density at radius 1 is 1.00 bits per heavy atom. The number of fused-ring (bicyclic) bond motifs is 6. The second-order valence-corrected chi connectivity index (χ2v) is 7.11. The van der Waals surface area contributed by atoms with Crippen LogP contribution in [-0.4, -0.2) is 21.7 Å². The molecule has 3 nitrogen and oxygen atoms in total. The summed E-state index contributed by atoms with van der Waals surface area (Å²) in [6.45, 7) is 6.99. The van der Waals surface area contributed by atoms with Gasteiger partial charge in [0, 0.05) is 10.8 Å². The average molecular weight is 268 g/mol. The molecule has 2 aliphatic carbocycles.